The second-order valence-corrected chi connectivity index (χ2v) is 3.62. The van der Waals surface area contributed by atoms with Gasteiger partial charge in [-0.3, -0.25) is 0 Å². The molecule has 0 spiro atoms. The second-order valence-electron chi connectivity index (χ2n) is 3.62. The van der Waals surface area contributed by atoms with Crippen molar-refractivity contribution < 1.29 is 14.3 Å². The predicted octanol–water partition coefficient (Wildman–Crippen LogP) is 1.71. The molecule has 0 radical (unpaired) electrons. The maximum Gasteiger partial charge on any atom is 0.359 e. The van der Waals surface area contributed by atoms with Crippen molar-refractivity contribution in [2.45, 2.75) is 19.9 Å². The zero-order valence-corrected chi connectivity index (χ0v) is 10.4. The second kappa shape index (κ2) is 6.85. The molecule has 0 bridgehead atoms. The van der Waals surface area contributed by atoms with Crippen LogP contribution in [0.3, 0.4) is 0 Å². The highest BCUT2D eigenvalue weighted by Crippen LogP contribution is 2.14. The molecule has 0 saturated heterocycles. The molecule has 0 aliphatic heterocycles. The van der Waals surface area contributed by atoms with Crippen LogP contribution >= 0.6 is 0 Å². The first kappa shape index (κ1) is 13.4. The molecular weight excluding hydrogens is 220 g/mol. The largest absolute Gasteiger partial charge is 0.461 e. The third kappa shape index (κ3) is 4.03. The molecule has 0 fully saturated rings. The molecule has 1 aromatic heterocycles. The van der Waals surface area contributed by atoms with E-state index >= 15 is 0 Å². The van der Waals surface area contributed by atoms with E-state index in [-0.39, 0.29) is 6.04 Å². The van der Waals surface area contributed by atoms with Crippen LogP contribution in [0, 0.1) is 0 Å². The number of nitrogens with zero attached hydrogens (tertiary/aromatic N) is 1. The number of hydrogen-bond acceptors (Lipinski definition) is 5. The molecule has 1 heterocycles. The predicted molar refractivity (Wildman–Crippen MR) is 65.2 cm³/mol. The number of methoxy groups -OCH3 is 1. The van der Waals surface area contributed by atoms with Crippen LogP contribution < -0.4 is 5.32 Å². The van der Waals surface area contributed by atoms with Gasteiger partial charge in [0, 0.05) is 19.3 Å². The fraction of sp³-hybridized carbons (Fsp3) is 0.500. The van der Waals surface area contributed by atoms with Gasteiger partial charge in [0.2, 0.25) is 0 Å². The quantitative estimate of drug-likeness (QED) is 0.764. The summed E-state index contributed by atoms with van der Waals surface area (Å²) in [5.74, 6) is -0.416. The Morgan fingerprint density at radius 2 is 2.35 bits per heavy atom. The summed E-state index contributed by atoms with van der Waals surface area (Å²) in [5.41, 5.74) is 0.966. The Balaban J connectivity index is 2.80. The van der Waals surface area contributed by atoms with Crippen LogP contribution in [0.2, 0.25) is 0 Å². The van der Waals surface area contributed by atoms with Gasteiger partial charge in [-0.15, -0.1) is 0 Å². The number of pyridine rings is 1. The van der Waals surface area contributed by atoms with Gasteiger partial charge >= 0.3 is 5.97 Å². The topological polar surface area (TPSA) is 60.5 Å². The van der Waals surface area contributed by atoms with Gasteiger partial charge in [0.05, 0.1) is 18.9 Å². The summed E-state index contributed by atoms with van der Waals surface area (Å²) in [7, 11) is 1.63. The molecule has 1 unspecified atom stereocenters. The number of nitrogens with one attached hydrogen (secondary N) is 1. The van der Waals surface area contributed by atoms with Gasteiger partial charge in [-0.1, -0.05) is 0 Å². The molecule has 17 heavy (non-hydrogen) atoms. The number of ether oxygens (including phenoxy) is 2. The lowest BCUT2D eigenvalue weighted by Crippen LogP contribution is -2.23. The Kier molecular flexibility index (Phi) is 5.42. The minimum Gasteiger partial charge on any atom is -0.461 e. The molecule has 0 aromatic carbocycles. The van der Waals surface area contributed by atoms with E-state index in [1.54, 1.807) is 32.4 Å². The van der Waals surface area contributed by atoms with Crippen molar-refractivity contribution >= 4 is 11.7 Å². The zero-order chi connectivity index (χ0) is 12.7. The van der Waals surface area contributed by atoms with Crippen molar-refractivity contribution in [1.82, 2.24) is 4.98 Å². The van der Waals surface area contributed by atoms with Gasteiger partial charge in [0.15, 0.2) is 5.69 Å². The van der Waals surface area contributed by atoms with E-state index in [9.17, 15) is 4.79 Å². The Morgan fingerprint density at radius 1 is 1.59 bits per heavy atom. The average molecular weight is 238 g/mol. The van der Waals surface area contributed by atoms with Crippen molar-refractivity contribution in [1.29, 1.82) is 0 Å². The van der Waals surface area contributed by atoms with Crippen LogP contribution in [0.1, 0.15) is 24.3 Å². The van der Waals surface area contributed by atoms with E-state index in [2.05, 4.69) is 10.3 Å². The number of carbonyl (C=O) groups excluding carboxylic acids is 1. The SMILES string of the molecule is CCOC(=O)c1ncccc1NC(C)COC. The summed E-state index contributed by atoms with van der Waals surface area (Å²) in [6.07, 6.45) is 1.57. The van der Waals surface area contributed by atoms with Crippen LogP contribution in [0.5, 0.6) is 0 Å². The highest BCUT2D eigenvalue weighted by molar-refractivity contribution is 5.93. The fourth-order valence-electron chi connectivity index (χ4n) is 1.44. The van der Waals surface area contributed by atoms with Gasteiger partial charge in [0.1, 0.15) is 0 Å². The van der Waals surface area contributed by atoms with Crippen LogP contribution in [0.15, 0.2) is 18.3 Å². The Hall–Kier alpha value is -1.62. The maximum atomic E-state index is 11.6. The zero-order valence-electron chi connectivity index (χ0n) is 10.4. The van der Waals surface area contributed by atoms with E-state index in [1.807, 2.05) is 6.92 Å². The Morgan fingerprint density at radius 3 is 3.00 bits per heavy atom. The lowest BCUT2D eigenvalue weighted by Gasteiger charge is -2.15. The molecular formula is C12H18N2O3. The monoisotopic (exact) mass is 238 g/mol. The summed E-state index contributed by atoms with van der Waals surface area (Å²) in [5, 5.41) is 3.16. The number of carbonyl (C=O) groups is 1. The Labute approximate surface area is 101 Å². The fourth-order valence-corrected chi connectivity index (χ4v) is 1.44. The molecule has 0 aliphatic rings. The maximum absolute atomic E-state index is 11.6. The van der Waals surface area contributed by atoms with Crippen molar-refractivity contribution in [3.8, 4) is 0 Å². The van der Waals surface area contributed by atoms with Crippen LogP contribution in [-0.4, -0.2) is 37.3 Å². The van der Waals surface area contributed by atoms with E-state index < -0.39 is 5.97 Å². The van der Waals surface area contributed by atoms with E-state index in [0.717, 1.165) is 0 Å². The number of hydrogen-bond donors (Lipinski definition) is 1. The van der Waals surface area contributed by atoms with Crippen molar-refractivity contribution in [2.75, 3.05) is 25.6 Å². The molecule has 94 valence electrons. The standard InChI is InChI=1S/C12H18N2O3/c1-4-17-12(15)11-10(6-5-7-13-11)14-9(2)8-16-3/h5-7,9,14H,4,8H2,1-3H3. The number of esters is 1. The highest BCUT2D eigenvalue weighted by Gasteiger charge is 2.14. The molecule has 0 aliphatic carbocycles. The number of rotatable bonds is 6. The molecule has 0 amide bonds. The number of anilines is 1. The normalized spacial score (nSPS) is 11.9. The first-order valence-electron chi connectivity index (χ1n) is 5.56. The highest BCUT2D eigenvalue weighted by atomic mass is 16.5. The van der Waals surface area contributed by atoms with Crippen molar-refractivity contribution in [3.63, 3.8) is 0 Å². The van der Waals surface area contributed by atoms with Crippen molar-refractivity contribution in [2.24, 2.45) is 0 Å². The summed E-state index contributed by atoms with van der Waals surface area (Å²) in [6, 6.07) is 3.66. The van der Waals surface area contributed by atoms with Gasteiger partial charge in [0.25, 0.3) is 0 Å². The molecule has 0 saturated carbocycles. The molecule has 1 rings (SSSR count). The Bertz CT molecular complexity index is 369. The van der Waals surface area contributed by atoms with E-state index in [4.69, 9.17) is 9.47 Å². The van der Waals surface area contributed by atoms with Crippen LogP contribution in [0.4, 0.5) is 5.69 Å². The molecule has 1 N–H and O–H groups in total. The third-order valence-corrected chi connectivity index (χ3v) is 2.10. The summed E-state index contributed by atoms with van der Waals surface area (Å²) < 4.78 is 9.96. The summed E-state index contributed by atoms with van der Waals surface area (Å²) in [6.45, 7) is 4.62. The molecule has 1 atom stereocenters. The van der Waals surface area contributed by atoms with E-state index in [1.165, 1.54) is 0 Å². The van der Waals surface area contributed by atoms with Crippen molar-refractivity contribution in [3.05, 3.63) is 24.0 Å². The molecule has 1 aromatic rings. The third-order valence-electron chi connectivity index (χ3n) is 2.10. The van der Waals surface area contributed by atoms with Gasteiger partial charge in [-0.05, 0) is 26.0 Å². The van der Waals surface area contributed by atoms with E-state index in [0.29, 0.717) is 24.6 Å². The lowest BCUT2D eigenvalue weighted by molar-refractivity contribution is 0.0520. The first-order chi connectivity index (χ1) is 8.19. The average Bonchev–Trinajstić information content (AvgIpc) is 2.30. The van der Waals surface area contributed by atoms with Gasteiger partial charge < -0.3 is 14.8 Å². The number of aromatic nitrogens is 1. The first-order valence-corrected chi connectivity index (χ1v) is 5.56. The molecule has 5 heteroatoms. The smallest absolute Gasteiger partial charge is 0.359 e. The lowest BCUT2D eigenvalue weighted by atomic mass is 10.2. The van der Waals surface area contributed by atoms with Gasteiger partial charge in [-0.2, -0.15) is 0 Å². The van der Waals surface area contributed by atoms with Gasteiger partial charge in [-0.25, -0.2) is 9.78 Å². The van der Waals surface area contributed by atoms with Crippen LogP contribution in [-0.2, 0) is 9.47 Å². The summed E-state index contributed by atoms with van der Waals surface area (Å²) >= 11 is 0. The summed E-state index contributed by atoms with van der Waals surface area (Å²) in [4.78, 5) is 15.7. The minimum absolute atomic E-state index is 0.0948. The minimum atomic E-state index is -0.416. The van der Waals surface area contributed by atoms with Crippen LogP contribution in [0.25, 0.3) is 0 Å². The molecule has 5 nitrogen and oxygen atoms in total.